The van der Waals surface area contributed by atoms with E-state index in [1.807, 2.05) is 6.92 Å². The summed E-state index contributed by atoms with van der Waals surface area (Å²) in [5, 5.41) is 9.05. The van der Waals surface area contributed by atoms with Crippen LogP contribution in [0.25, 0.3) is 0 Å². The highest BCUT2D eigenvalue weighted by Crippen LogP contribution is 2.31. The second-order valence-corrected chi connectivity index (χ2v) is 3.63. The summed E-state index contributed by atoms with van der Waals surface area (Å²) >= 11 is 0. The summed E-state index contributed by atoms with van der Waals surface area (Å²) in [6.07, 6.45) is 2.94. The summed E-state index contributed by atoms with van der Waals surface area (Å²) in [7, 11) is 0. The van der Waals surface area contributed by atoms with Crippen molar-refractivity contribution in [3.05, 3.63) is 11.8 Å². The van der Waals surface area contributed by atoms with Gasteiger partial charge in [0.15, 0.2) is 5.78 Å². The molecule has 0 spiro atoms. The molecule has 1 rings (SSSR count). The van der Waals surface area contributed by atoms with Crippen molar-refractivity contribution in [1.29, 1.82) is 0 Å². The van der Waals surface area contributed by atoms with E-state index in [4.69, 9.17) is 9.84 Å². The molecule has 1 atom stereocenters. The van der Waals surface area contributed by atoms with Crippen molar-refractivity contribution in [2.75, 3.05) is 13.2 Å². The summed E-state index contributed by atoms with van der Waals surface area (Å²) in [4.78, 5) is 11.5. The molecule has 0 fully saturated rings. The predicted octanol–water partition coefficient (Wildman–Crippen LogP) is 1.27. The maximum atomic E-state index is 11.5. The molecule has 1 N–H and O–H groups in total. The molecule has 0 aromatic rings. The number of aliphatic hydroxyl groups is 1. The van der Waals surface area contributed by atoms with Crippen LogP contribution in [-0.2, 0) is 9.53 Å². The molecule has 0 radical (unpaired) electrons. The van der Waals surface area contributed by atoms with Crippen LogP contribution in [0.5, 0.6) is 0 Å². The van der Waals surface area contributed by atoms with E-state index in [9.17, 15) is 4.79 Å². The van der Waals surface area contributed by atoms with Crippen LogP contribution in [0.1, 0.15) is 26.7 Å². The fourth-order valence-electron chi connectivity index (χ4n) is 1.37. The van der Waals surface area contributed by atoms with E-state index in [0.717, 1.165) is 12.2 Å². The third-order valence-electron chi connectivity index (χ3n) is 2.49. The first-order valence-corrected chi connectivity index (χ1v) is 4.61. The number of hydrogen-bond donors (Lipinski definition) is 1. The van der Waals surface area contributed by atoms with Crippen LogP contribution in [0.3, 0.4) is 0 Å². The minimum absolute atomic E-state index is 0.0234. The van der Waals surface area contributed by atoms with Crippen LogP contribution in [-0.4, -0.2) is 24.1 Å². The van der Waals surface area contributed by atoms with Gasteiger partial charge in [0.05, 0.1) is 24.4 Å². The number of ketones is 1. The van der Waals surface area contributed by atoms with Gasteiger partial charge in [0.1, 0.15) is 0 Å². The molecule has 0 heterocycles. The molecule has 0 unspecified atom stereocenters. The van der Waals surface area contributed by atoms with E-state index in [1.54, 1.807) is 6.92 Å². The number of carbonyl (C=O) groups excluding carboxylic acids is 1. The van der Waals surface area contributed by atoms with Gasteiger partial charge in [0, 0.05) is 12.5 Å². The van der Waals surface area contributed by atoms with E-state index in [0.29, 0.717) is 13.0 Å². The normalized spacial score (nSPS) is 28.5. The third kappa shape index (κ3) is 2.10. The number of carbonyl (C=O) groups is 1. The number of allylic oxidation sites excluding steroid dienone is 2. The molecular weight excluding hydrogens is 168 g/mol. The first-order valence-electron chi connectivity index (χ1n) is 4.61. The third-order valence-corrected chi connectivity index (χ3v) is 2.49. The number of rotatable bonds is 3. The van der Waals surface area contributed by atoms with Crippen molar-refractivity contribution in [1.82, 2.24) is 0 Å². The molecule has 1 aliphatic carbocycles. The average Bonchev–Trinajstić information content (AvgIpc) is 2.12. The van der Waals surface area contributed by atoms with Crippen molar-refractivity contribution in [2.24, 2.45) is 5.41 Å². The fraction of sp³-hybridized carbons (Fsp3) is 0.700. The van der Waals surface area contributed by atoms with Gasteiger partial charge in [-0.3, -0.25) is 4.79 Å². The van der Waals surface area contributed by atoms with Gasteiger partial charge in [-0.2, -0.15) is 0 Å². The van der Waals surface area contributed by atoms with Crippen molar-refractivity contribution in [2.45, 2.75) is 26.7 Å². The lowest BCUT2D eigenvalue weighted by Gasteiger charge is -2.28. The Hall–Kier alpha value is -0.830. The number of hydrogen-bond acceptors (Lipinski definition) is 3. The Labute approximate surface area is 78.4 Å². The molecular formula is C10H16O3. The van der Waals surface area contributed by atoms with Gasteiger partial charge >= 0.3 is 0 Å². The Kier molecular flexibility index (Phi) is 3.09. The fourth-order valence-corrected chi connectivity index (χ4v) is 1.37. The van der Waals surface area contributed by atoms with Gasteiger partial charge in [-0.05, 0) is 13.3 Å². The molecule has 0 aromatic heterocycles. The van der Waals surface area contributed by atoms with Crippen molar-refractivity contribution in [3.63, 3.8) is 0 Å². The van der Waals surface area contributed by atoms with Crippen molar-refractivity contribution < 1.29 is 14.6 Å². The summed E-state index contributed by atoms with van der Waals surface area (Å²) in [5.41, 5.74) is -0.583. The molecule has 0 bridgehead atoms. The molecule has 74 valence electrons. The maximum absolute atomic E-state index is 11.5. The molecule has 3 heteroatoms. The Balaban J connectivity index is 2.71. The maximum Gasteiger partial charge on any atom is 0.167 e. The summed E-state index contributed by atoms with van der Waals surface area (Å²) in [5.74, 6) is 0.725. The van der Waals surface area contributed by atoms with Crippen molar-refractivity contribution in [3.8, 4) is 0 Å². The minimum atomic E-state index is -0.583. The monoisotopic (exact) mass is 184 g/mol. The van der Waals surface area contributed by atoms with Crippen molar-refractivity contribution >= 4 is 5.78 Å². The molecule has 3 nitrogen and oxygen atoms in total. The highest BCUT2D eigenvalue weighted by molar-refractivity contribution is 5.95. The van der Waals surface area contributed by atoms with Crippen LogP contribution >= 0.6 is 0 Å². The standard InChI is InChI=1S/C10H16O3/c1-3-13-8-4-5-10(2,7-11)9(12)6-8/h6,11H,3-5,7H2,1-2H3/t10-/m1/s1. The van der Waals surface area contributed by atoms with Gasteiger partial charge in [-0.1, -0.05) is 6.92 Å². The highest BCUT2D eigenvalue weighted by atomic mass is 16.5. The zero-order valence-corrected chi connectivity index (χ0v) is 8.17. The van der Waals surface area contributed by atoms with E-state index in [-0.39, 0.29) is 12.4 Å². The Morgan fingerprint density at radius 2 is 2.38 bits per heavy atom. The molecule has 13 heavy (non-hydrogen) atoms. The molecule has 0 aliphatic heterocycles. The van der Waals surface area contributed by atoms with E-state index < -0.39 is 5.41 Å². The van der Waals surface area contributed by atoms with E-state index >= 15 is 0 Å². The van der Waals surface area contributed by atoms with E-state index in [2.05, 4.69) is 0 Å². The number of ether oxygens (including phenoxy) is 1. The lowest BCUT2D eigenvalue weighted by Crippen LogP contribution is -2.33. The lowest BCUT2D eigenvalue weighted by atomic mass is 9.78. The van der Waals surface area contributed by atoms with Crippen LogP contribution in [0.15, 0.2) is 11.8 Å². The minimum Gasteiger partial charge on any atom is -0.498 e. The quantitative estimate of drug-likeness (QED) is 0.718. The summed E-state index contributed by atoms with van der Waals surface area (Å²) in [6, 6.07) is 0. The summed E-state index contributed by atoms with van der Waals surface area (Å²) in [6.45, 7) is 4.19. The first-order chi connectivity index (χ1) is 6.12. The Bertz CT molecular complexity index is 232. The topological polar surface area (TPSA) is 46.5 Å². The zero-order valence-electron chi connectivity index (χ0n) is 8.17. The van der Waals surface area contributed by atoms with Crippen LogP contribution < -0.4 is 0 Å². The molecule has 0 saturated carbocycles. The Morgan fingerprint density at radius 3 is 2.85 bits per heavy atom. The predicted molar refractivity (Wildman–Crippen MR) is 49.1 cm³/mol. The number of aliphatic hydroxyl groups excluding tert-OH is 1. The SMILES string of the molecule is CCOC1=CC(=O)[C@@](C)(CO)CC1. The largest absolute Gasteiger partial charge is 0.498 e. The van der Waals surface area contributed by atoms with Crippen LogP contribution in [0, 0.1) is 5.41 Å². The van der Waals surface area contributed by atoms with Gasteiger partial charge in [-0.15, -0.1) is 0 Å². The molecule has 0 amide bonds. The second kappa shape index (κ2) is 3.92. The van der Waals surface area contributed by atoms with Gasteiger partial charge in [-0.25, -0.2) is 0 Å². The van der Waals surface area contributed by atoms with E-state index in [1.165, 1.54) is 6.08 Å². The smallest absolute Gasteiger partial charge is 0.167 e. The molecule has 0 aromatic carbocycles. The zero-order chi connectivity index (χ0) is 9.90. The second-order valence-electron chi connectivity index (χ2n) is 3.63. The average molecular weight is 184 g/mol. The molecule has 1 aliphatic rings. The summed E-state index contributed by atoms with van der Waals surface area (Å²) < 4.78 is 5.25. The Morgan fingerprint density at radius 1 is 1.69 bits per heavy atom. The first kappa shape index (κ1) is 10.3. The van der Waals surface area contributed by atoms with Crippen LogP contribution in [0.2, 0.25) is 0 Å². The van der Waals surface area contributed by atoms with Gasteiger partial charge in [0.2, 0.25) is 0 Å². The van der Waals surface area contributed by atoms with Crippen LogP contribution in [0.4, 0.5) is 0 Å². The molecule has 0 saturated heterocycles. The van der Waals surface area contributed by atoms with Gasteiger partial charge < -0.3 is 9.84 Å². The lowest BCUT2D eigenvalue weighted by molar-refractivity contribution is -0.126. The van der Waals surface area contributed by atoms with Gasteiger partial charge in [0.25, 0.3) is 0 Å². The highest BCUT2D eigenvalue weighted by Gasteiger charge is 2.34.